The van der Waals surface area contributed by atoms with Crippen LogP contribution in [0.4, 0.5) is 5.69 Å². The van der Waals surface area contributed by atoms with E-state index in [4.69, 9.17) is 0 Å². The quantitative estimate of drug-likeness (QED) is 0.844. The summed E-state index contributed by atoms with van der Waals surface area (Å²) in [5.41, 5.74) is 1.30. The highest BCUT2D eigenvalue weighted by molar-refractivity contribution is 7.89. The SMILES string of the molecule is CC(=O)Nc1ccc(S(=O)(=O)NCC(C)(C)c2ccccc2)cc1. The fraction of sp³-hybridized carbons (Fsp3) is 0.278. The van der Waals surface area contributed by atoms with Crippen molar-refractivity contribution in [2.45, 2.75) is 31.1 Å². The number of sulfonamides is 1. The zero-order valence-electron chi connectivity index (χ0n) is 14.0. The summed E-state index contributed by atoms with van der Waals surface area (Å²) in [6, 6.07) is 15.9. The summed E-state index contributed by atoms with van der Waals surface area (Å²) >= 11 is 0. The van der Waals surface area contributed by atoms with Crippen LogP contribution in [0.25, 0.3) is 0 Å². The predicted octanol–water partition coefficient (Wildman–Crippen LogP) is 2.90. The zero-order valence-corrected chi connectivity index (χ0v) is 14.9. The monoisotopic (exact) mass is 346 g/mol. The molecular formula is C18H22N2O3S. The summed E-state index contributed by atoms with van der Waals surface area (Å²) < 4.78 is 27.5. The molecule has 0 atom stereocenters. The van der Waals surface area contributed by atoms with Crippen LogP contribution < -0.4 is 10.0 Å². The summed E-state index contributed by atoms with van der Waals surface area (Å²) in [4.78, 5) is 11.2. The van der Waals surface area contributed by atoms with Crippen molar-refractivity contribution in [3.63, 3.8) is 0 Å². The van der Waals surface area contributed by atoms with Crippen LogP contribution in [0.5, 0.6) is 0 Å². The molecule has 24 heavy (non-hydrogen) atoms. The Kier molecular flexibility index (Phi) is 5.41. The van der Waals surface area contributed by atoms with Gasteiger partial charge in [0.1, 0.15) is 0 Å². The van der Waals surface area contributed by atoms with E-state index in [0.29, 0.717) is 5.69 Å². The smallest absolute Gasteiger partial charge is 0.240 e. The molecule has 1 amide bonds. The fourth-order valence-electron chi connectivity index (χ4n) is 2.27. The van der Waals surface area contributed by atoms with Crippen LogP contribution in [0.3, 0.4) is 0 Å². The molecule has 2 N–H and O–H groups in total. The number of hydrogen-bond donors (Lipinski definition) is 2. The van der Waals surface area contributed by atoms with E-state index in [1.54, 1.807) is 12.1 Å². The summed E-state index contributed by atoms with van der Waals surface area (Å²) in [6.07, 6.45) is 0. The summed E-state index contributed by atoms with van der Waals surface area (Å²) in [5, 5.41) is 2.61. The minimum Gasteiger partial charge on any atom is -0.326 e. The average Bonchev–Trinajstić information content (AvgIpc) is 2.54. The molecule has 2 aromatic carbocycles. The maximum Gasteiger partial charge on any atom is 0.240 e. The molecule has 0 saturated heterocycles. The van der Waals surface area contributed by atoms with E-state index >= 15 is 0 Å². The molecule has 5 nitrogen and oxygen atoms in total. The number of carbonyl (C=O) groups excluding carboxylic acids is 1. The number of amides is 1. The first-order chi connectivity index (χ1) is 11.2. The molecule has 2 aromatic rings. The van der Waals surface area contributed by atoms with Crippen LogP contribution >= 0.6 is 0 Å². The lowest BCUT2D eigenvalue weighted by Gasteiger charge is -2.25. The molecule has 0 aliphatic carbocycles. The molecule has 0 spiro atoms. The number of anilines is 1. The lowest BCUT2D eigenvalue weighted by Crippen LogP contribution is -2.36. The molecule has 0 unspecified atom stereocenters. The van der Waals surface area contributed by atoms with Gasteiger partial charge in [0.15, 0.2) is 0 Å². The van der Waals surface area contributed by atoms with E-state index in [1.165, 1.54) is 19.1 Å². The first-order valence-electron chi connectivity index (χ1n) is 7.63. The number of rotatable bonds is 6. The maximum absolute atomic E-state index is 12.4. The first-order valence-corrected chi connectivity index (χ1v) is 9.12. The predicted molar refractivity (Wildman–Crippen MR) is 95.4 cm³/mol. The van der Waals surface area contributed by atoms with Crippen LogP contribution in [-0.2, 0) is 20.2 Å². The van der Waals surface area contributed by atoms with Gasteiger partial charge in [-0.1, -0.05) is 44.2 Å². The van der Waals surface area contributed by atoms with Gasteiger partial charge in [-0.3, -0.25) is 4.79 Å². The molecule has 0 bridgehead atoms. The molecule has 0 radical (unpaired) electrons. The summed E-state index contributed by atoms with van der Waals surface area (Å²) in [5.74, 6) is -0.201. The highest BCUT2D eigenvalue weighted by atomic mass is 32.2. The van der Waals surface area contributed by atoms with Crippen LogP contribution in [0.15, 0.2) is 59.5 Å². The van der Waals surface area contributed by atoms with Crippen molar-refractivity contribution in [3.05, 3.63) is 60.2 Å². The van der Waals surface area contributed by atoms with Gasteiger partial charge in [0.25, 0.3) is 0 Å². The number of nitrogens with one attached hydrogen (secondary N) is 2. The van der Waals surface area contributed by atoms with Gasteiger partial charge in [-0.2, -0.15) is 0 Å². The van der Waals surface area contributed by atoms with E-state index < -0.39 is 10.0 Å². The highest BCUT2D eigenvalue weighted by Crippen LogP contribution is 2.23. The molecule has 0 saturated carbocycles. The lowest BCUT2D eigenvalue weighted by atomic mass is 9.85. The molecule has 0 aliphatic heterocycles. The normalized spacial score (nSPS) is 12.0. The van der Waals surface area contributed by atoms with Crippen LogP contribution in [-0.4, -0.2) is 20.9 Å². The zero-order chi connectivity index (χ0) is 17.8. The van der Waals surface area contributed by atoms with Gasteiger partial charge in [0.05, 0.1) is 4.90 Å². The van der Waals surface area contributed by atoms with Crippen molar-refractivity contribution in [1.29, 1.82) is 0 Å². The van der Waals surface area contributed by atoms with Crippen molar-refractivity contribution < 1.29 is 13.2 Å². The second-order valence-corrected chi connectivity index (χ2v) is 8.05. The Labute approximate surface area is 143 Å². The third-order valence-electron chi connectivity index (χ3n) is 3.74. The summed E-state index contributed by atoms with van der Waals surface area (Å²) in [6.45, 7) is 5.67. The molecular weight excluding hydrogens is 324 g/mol. The third-order valence-corrected chi connectivity index (χ3v) is 5.16. The van der Waals surface area contributed by atoms with Gasteiger partial charge < -0.3 is 5.32 Å². The number of hydrogen-bond acceptors (Lipinski definition) is 3. The van der Waals surface area contributed by atoms with E-state index in [9.17, 15) is 13.2 Å². The number of benzene rings is 2. The third kappa shape index (κ3) is 4.66. The van der Waals surface area contributed by atoms with Crippen molar-refractivity contribution in [2.75, 3.05) is 11.9 Å². The second kappa shape index (κ2) is 7.15. The van der Waals surface area contributed by atoms with Gasteiger partial charge >= 0.3 is 0 Å². The van der Waals surface area contributed by atoms with E-state index in [1.807, 2.05) is 44.2 Å². The highest BCUT2D eigenvalue weighted by Gasteiger charge is 2.24. The minimum absolute atomic E-state index is 0.167. The van der Waals surface area contributed by atoms with Crippen molar-refractivity contribution in [3.8, 4) is 0 Å². The van der Waals surface area contributed by atoms with E-state index in [2.05, 4.69) is 10.0 Å². The van der Waals surface area contributed by atoms with E-state index in [0.717, 1.165) is 5.56 Å². The minimum atomic E-state index is -3.61. The van der Waals surface area contributed by atoms with Gasteiger partial charge in [0.2, 0.25) is 15.9 Å². The second-order valence-electron chi connectivity index (χ2n) is 6.28. The molecule has 0 aromatic heterocycles. The van der Waals surface area contributed by atoms with Gasteiger partial charge in [-0.15, -0.1) is 0 Å². The molecule has 2 rings (SSSR count). The number of carbonyl (C=O) groups is 1. The van der Waals surface area contributed by atoms with Crippen molar-refractivity contribution in [1.82, 2.24) is 4.72 Å². The summed E-state index contributed by atoms with van der Waals surface area (Å²) in [7, 11) is -3.61. The molecule has 0 heterocycles. The largest absolute Gasteiger partial charge is 0.326 e. The van der Waals surface area contributed by atoms with Crippen LogP contribution in [0.2, 0.25) is 0 Å². The Morgan fingerprint density at radius 2 is 1.58 bits per heavy atom. The maximum atomic E-state index is 12.4. The van der Waals surface area contributed by atoms with E-state index in [-0.39, 0.29) is 22.8 Å². The topological polar surface area (TPSA) is 75.3 Å². The molecule has 0 aliphatic rings. The van der Waals surface area contributed by atoms with Gasteiger partial charge in [-0.25, -0.2) is 13.1 Å². The standard InChI is InChI=1S/C18H22N2O3S/c1-14(21)20-16-9-11-17(12-10-16)24(22,23)19-13-18(2,3)15-7-5-4-6-8-15/h4-12,19H,13H2,1-3H3,(H,20,21). The Bertz CT molecular complexity index is 798. The Hall–Kier alpha value is -2.18. The first kappa shape index (κ1) is 18.2. The van der Waals surface area contributed by atoms with Crippen molar-refractivity contribution in [2.24, 2.45) is 0 Å². The Balaban J connectivity index is 2.09. The van der Waals surface area contributed by atoms with Crippen LogP contribution in [0.1, 0.15) is 26.3 Å². The Morgan fingerprint density at radius 3 is 2.12 bits per heavy atom. The van der Waals surface area contributed by atoms with Gasteiger partial charge in [-0.05, 0) is 29.8 Å². The lowest BCUT2D eigenvalue weighted by molar-refractivity contribution is -0.114. The molecule has 6 heteroatoms. The average molecular weight is 346 g/mol. The Morgan fingerprint density at radius 1 is 1.00 bits per heavy atom. The fourth-order valence-corrected chi connectivity index (χ4v) is 3.48. The molecule has 0 fully saturated rings. The van der Waals surface area contributed by atoms with Gasteiger partial charge in [0, 0.05) is 24.6 Å². The molecule has 128 valence electrons. The van der Waals surface area contributed by atoms with Crippen molar-refractivity contribution >= 4 is 21.6 Å². The van der Waals surface area contributed by atoms with Crippen LogP contribution in [0, 0.1) is 0 Å².